The Labute approximate surface area is 180 Å². The topological polar surface area (TPSA) is 91.9 Å². The number of nitrogens with one attached hydrogen (secondary N) is 2. The highest BCUT2D eigenvalue weighted by Crippen LogP contribution is 2.20. The maximum atomic E-state index is 5.42. The van der Waals surface area contributed by atoms with E-state index in [9.17, 15) is 0 Å². The number of pyridine rings is 2. The monoisotopic (exact) mass is 415 g/mol. The Balaban J connectivity index is 1.22. The molecule has 0 saturated carbocycles. The third-order valence-electron chi connectivity index (χ3n) is 5.41. The first kappa shape index (κ1) is 19.4. The molecule has 0 atom stereocenters. The number of aromatic nitrogens is 5. The van der Waals surface area contributed by atoms with Crippen LogP contribution in [0.15, 0.2) is 49.1 Å². The fraction of sp³-hybridized carbons (Fsp3) is 0.304. The van der Waals surface area contributed by atoms with Gasteiger partial charge in [0.1, 0.15) is 11.5 Å². The van der Waals surface area contributed by atoms with Crippen LogP contribution in [0.1, 0.15) is 22.4 Å². The number of hydrogen-bond donors (Lipinski definition) is 2. The van der Waals surface area contributed by atoms with E-state index < -0.39 is 0 Å². The Hall–Kier alpha value is -3.52. The molecule has 0 unspecified atom stereocenters. The Bertz CT molecular complexity index is 1170. The van der Waals surface area contributed by atoms with E-state index in [1.165, 1.54) is 5.56 Å². The van der Waals surface area contributed by atoms with E-state index in [0.29, 0.717) is 12.5 Å². The maximum Gasteiger partial charge on any atom is 0.222 e. The molecule has 1 aliphatic rings. The van der Waals surface area contributed by atoms with Gasteiger partial charge in [-0.05, 0) is 41.8 Å². The molecule has 0 amide bonds. The maximum absolute atomic E-state index is 5.42. The van der Waals surface area contributed by atoms with Crippen molar-refractivity contribution in [2.45, 2.75) is 19.9 Å². The molecule has 0 aliphatic carbocycles. The van der Waals surface area contributed by atoms with Crippen LogP contribution in [0.3, 0.4) is 0 Å². The fourth-order valence-corrected chi connectivity index (χ4v) is 3.77. The largest absolute Gasteiger partial charge is 0.378 e. The molecule has 0 bridgehead atoms. The van der Waals surface area contributed by atoms with E-state index in [-0.39, 0.29) is 0 Å². The zero-order valence-corrected chi connectivity index (χ0v) is 17.5. The normalized spacial score (nSPS) is 14.2. The van der Waals surface area contributed by atoms with Crippen molar-refractivity contribution in [3.05, 3.63) is 71.4 Å². The lowest BCUT2D eigenvalue weighted by molar-refractivity contribution is 0.122. The molecular weight excluding hydrogens is 390 g/mol. The van der Waals surface area contributed by atoms with E-state index in [1.807, 2.05) is 43.0 Å². The molecule has 1 saturated heterocycles. The van der Waals surface area contributed by atoms with Crippen molar-refractivity contribution in [3.8, 4) is 0 Å². The molecular formula is C23H25N7O. The molecule has 0 radical (unpaired) electrons. The molecule has 1 fully saturated rings. The van der Waals surface area contributed by atoms with Crippen molar-refractivity contribution in [2.24, 2.45) is 0 Å². The minimum atomic E-state index is 0.574. The number of ether oxygens (including phenoxy) is 1. The number of aryl methyl sites for hydroxylation is 1. The highest BCUT2D eigenvalue weighted by Gasteiger charge is 2.12. The first-order valence-electron chi connectivity index (χ1n) is 10.5. The highest BCUT2D eigenvalue weighted by molar-refractivity contribution is 5.80. The van der Waals surface area contributed by atoms with Crippen LogP contribution in [-0.2, 0) is 17.7 Å². The van der Waals surface area contributed by atoms with Crippen molar-refractivity contribution in [3.63, 3.8) is 0 Å². The van der Waals surface area contributed by atoms with Gasteiger partial charge in [-0.3, -0.25) is 0 Å². The minimum absolute atomic E-state index is 0.574. The Morgan fingerprint density at radius 2 is 1.94 bits per heavy atom. The standard InChI is InChI=1S/C23H25N7O/c1-16-9-20-18(14-25-22(20)24-11-16)10-17-12-26-23(27-13-17)28-15-19-3-2-4-21(29-19)30-5-7-31-8-6-30/h2-4,9,11-14H,5-8,10,15H2,1H3,(H,24,25)(H,26,27,28). The molecule has 0 aromatic carbocycles. The lowest BCUT2D eigenvalue weighted by Gasteiger charge is -2.28. The molecule has 5 heterocycles. The number of anilines is 2. The molecule has 4 aromatic heterocycles. The number of rotatable bonds is 6. The summed E-state index contributed by atoms with van der Waals surface area (Å²) in [6.45, 7) is 5.88. The van der Waals surface area contributed by atoms with E-state index >= 15 is 0 Å². The van der Waals surface area contributed by atoms with Crippen molar-refractivity contribution < 1.29 is 4.74 Å². The average molecular weight is 416 g/mol. The number of morpholine rings is 1. The van der Waals surface area contributed by atoms with Gasteiger partial charge < -0.3 is 19.9 Å². The van der Waals surface area contributed by atoms with Gasteiger partial charge in [0.15, 0.2) is 0 Å². The van der Waals surface area contributed by atoms with Gasteiger partial charge in [0.05, 0.1) is 25.5 Å². The molecule has 2 N–H and O–H groups in total. The second-order valence-corrected chi connectivity index (χ2v) is 7.75. The zero-order chi connectivity index (χ0) is 21.0. The van der Waals surface area contributed by atoms with E-state index in [2.05, 4.69) is 43.1 Å². The van der Waals surface area contributed by atoms with Crippen LogP contribution in [0, 0.1) is 6.92 Å². The molecule has 158 valence electrons. The van der Waals surface area contributed by atoms with Crippen LogP contribution in [0.2, 0.25) is 0 Å². The summed E-state index contributed by atoms with van der Waals surface area (Å²) in [7, 11) is 0. The summed E-state index contributed by atoms with van der Waals surface area (Å²) in [4.78, 5) is 23.6. The molecule has 4 aromatic rings. The van der Waals surface area contributed by atoms with Crippen LogP contribution in [0.4, 0.5) is 11.8 Å². The quantitative estimate of drug-likeness (QED) is 0.500. The van der Waals surface area contributed by atoms with Gasteiger partial charge in [0.2, 0.25) is 5.95 Å². The Kier molecular flexibility index (Phi) is 5.45. The van der Waals surface area contributed by atoms with Crippen molar-refractivity contribution in [1.29, 1.82) is 0 Å². The van der Waals surface area contributed by atoms with Crippen molar-refractivity contribution in [1.82, 2.24) is 24.9 Å². The molecule has 5 rings (SSSR count). The number of hydrogen-bond acceptors (Lipinski definition) is 7. The van der Waals surface area contributed by atoms with Crippen molar-refractivity contribution >= 4 is 22.8 Å². The Morgan fingerprint density at radius 1 is 1.10 bits per heavy atom. The van der Waals surface area contributed by atoms with Crippen LogP contribution >= 0.6 is 0 Å². The lowest BCUT2D eigenvalue weighted by Crippen LogP contribution is -2.36. The molecule has 0 spiro atoms. The van der Waals surface area contributed by atoms with E-state index in [4.69, 9.17) is 9.72 Å². The van der Waals surface area contributed by atoms with Gasteiger partial charge >= 0.3 is 0 Å². The van der Waals surface area contributed by atoms with Crippen molar-refractivity contribution in [2.75, 3.05) is 36.5 Å². The highest BCUT2D eigenvalue weighted by atomic mass is 16.5. The third kappa shape index (κ3) is 4.49. The van der Waals surface area contributed by atoms with Crippen LogP contribution in [-0.4, -0.2) is 51.2 Å². The fourth-order valence-electron chi connectivity index (χ4n) is 3.77. The Morgan fingerprint density at radius 3 is 2.77 bits per heavy atom. The minimum Gasteiger partial charge on any atom is -0.378 e. The summed E-state index contributed by atoms with van der Waals surface area (Å²) in [5.41, 5.74) is 5.26. The molecule has 1 aliphatic heterocycles. The van der Waals surface area contributed by atoms with E-state index in [0.717, 1.165) is 66.4 Å². The summed E-state index contributed by atoms with van der Waals surface area (Å²) < 4.78 is 5.42. The first-order valence-corrected chi connectivity index (χ1v) is 10.5. The summed E-state index contributed by atoms with van der Waals surface area (Å²) in [6.07, 6.45) is 8.38. The average Bonchev–Trinajstić information content (AvgIpc) is 3.21. The van der Waals surface area contributed by atoms with Gasteiger partial charge in [-0.25, -0.2) is 19.9 Å². The van der Waals surface area contributed by atoms with Crippen LogP contribution in [0.25, 0.3) is 11.0 Å². The summed E-state index contributed by atoms with van der Waals surface area (Å²) in [6, 6.07) is 8.25. The zero-order valence-electron chi connectivity index (χ0n) is 17.5. The van der Waals surface area contributed by atoms with Crippen LogP contribution in [0.5, 0.6) is 0 Å². The van der Waals surface area contributed by atoms with Gasteiger partial charge in [-0.1, -0.05) is 6.07 Å². The number of fused-ring (bicyclic) bond motifs is 1. The summed E-state index contributed by atoms with van der Waals surface area (Å²) in [5, 5.41) is 4.42. The first-order chi connectivity index (χ1) is 15.2. The predicted molar refractivity (Wildman–Crippen MR) is 120 cm³/mol. The molecule has 31 heavy (non-hydrogen) atoms. The third-order valence-corrected chi connectivity index (χ3v) is 5.41. The van der Waals surface area contributed by atoms with Gasteiger partial charge in [-0.2, -0.15) is 0 Å². The van der Waals surface area contributed by atoms with Crippen LogP contribution < -0.4 is 10.2 Å². The molecule has 8 heteroatoms. The second-order valence-electron chi connectivity index (χ2n) is 7.75. The van der Waals surface area contributed by atoms with Gasteiger partial charge in [0.25, 0.3) is 0 Å². The number of H-pyrrole nitrogens is 1. The summed E-state index contributed by atoms with van der Waals surface area (Å²) in [5.74, 6) is 1.58. The smallest absolute Gasteiger partial charge is 0.222 e. The second kappa shape index (κ2) is 8.69. The number of aromatic amines is 1. The SMILES string of the molecule is Cc1cnc2[nH]cc(Cc3cnc(NCc4cccc(N5CCOCC5)n4)nc3)c2c1. The number of nitrogens with zero attached hydrogens (tertiary/aromatic N) is 5. The van der Waals surface area contributed by atoms with Gasteiger partial charge in [0, 0.05) is 49.7 Å². The molecule has 8 nitrogen and oxygen atoms in total. The van der Waals surface area contributed by atoms with Gasteiger partial charge in [-0.15, -0.1) is 0 Å². The lowest BCUT2D eigenvalue weighted by atomic mass is 10.1. The van der Waals surface area contributed by atoms with E-state index in [1.54, 1.807) is 0 Å². The summed E-state index contributed by atoms with van der Waals surface area (Å²) >= 11 is 0. The predicted octanol–water partition coefficient (Wildman–Crippen LogP) is 3.10.